The van der Waals surface area contributed by atoms with Crippen molar-refractivity contribution in [3.63, 3.8) is 0 Å². The number of hydrogen-bond acceptors (Lipinski definition) is 9. The maximum Gasteiger partial charge on any atom is 0.251 e. The van der Waals surface area contributed by atoms with Crippen molar-refractivity contribution in [3.8, 4) is 17.0 Å². The second kappa shape index (κ2) is 11.9. The zero-order chi connectivity index (χ0) is 26.4. The number of halogens is 2. The molecule has 1 aliphatic rings. The largest absolute Gasteiger partial charge is 0.507 e. The third-order valence-corrected chi connectivity index (χ3v) is 6.37. The van der Waals surface area contributed by atoms with Crippen LogP contribution in [-0.4, -0.2) is 82.4 Å². The smallest absolute Gasteiger partial charge is 0.251 e. The lowest BCUT2D eigenvalue weighted by atomic mass is 10.1. The minimum atomic E-state index is -2.36. The Morgan fingerprint density at radius 3 is 2.78 bits per heavy atom. The van der Waals surface area contributed by atoms with Crippen molar-refractivity contribution >= 4 is 23.4 Å². The first kappa shape index (κ1) is 26.2. The Morgan fingerprint density at radius 1 is 1.19 bits per heavy atom. The highest BCUT2D eigenvalue weighted by molar-refractivity contribution is 5.74. The molecule has 0 radical (unpaired) electrons. The van der Waals surface area contributed by atoms with Crippen molar-refractivity contribution in [1.82, 2.24) is 25.1 Å². The molecule has 0 bridgehead atoms. The number of nitrogens with two attached hydrogens (primary N) is 1. The van der Waals surface area contributed by atoms with E-state index in [1.165, 1.54) is 0 Å². The highest BCUT2D eigenvalue weighted by atomic mass is 19.3. The minimum Gasteiger partial charge on any atom is -0.507 e. The summed E-state index contributed by atoms with van der Waals surface area (Å²) in [5, 5.41) is 18.6. The van der Waals surface area contributed by atoms with Gasteiger partial charge in [0.1, 0.15) is 11.6 Å². The lowest BCUT2D eigenvalue weighted by molar-refractivity contribution is 0.105. The number of phenols is 1. The Labute approximate surface area is 215 Å². The van der Waals surface area contributed by atoms with Crippen LogP contribution in [0.1, 0.15) is 19.2 Å². The van der Waals surface area contributed by atoms with Gasteiger partial charge in [0, 0.05) is 44.0 Å². The number of likely N-dealkylation sites (N-methyl/N-ethyl adjacent to an activating group) is 1. The number of benzene rings is 1. The second-order valence-electron chi connectivity index (χ2n) is 9.12. The van der Waals surface area contributed by atoms with E-state index in [-0.39, 0.29) is 18.3 Å². The zero-order valence-corrected chi connectivity index (χ0v) is 21.0. The molecule has 1 aromatic carbocycles. The van der Waals surface area contributed by atoms with Crippen molar-refractivity contribution < 1.29 is 13.9 Å². The fourth-order valence-electron chi connectivity index (χ4n) is 4.36. The van der Waals surface area contributed by atoms with Gasteiger partial charge >= 0.3 is 0 Å². The number of alkyl halides is 2. The van der Waals surface area contributed by atoms with E-state index < -0.39 is 6.43 Å². The molecular formula is C26H32F2N8O. The Bertz CT molecular complexity index is 1220. The molecule has 1 aliphatic heterocycles. The van der Waals surface area contributed by atoms with Crippen LogP contribution in [0, 0.1) is 0 Å². The predicted octanol–water partition coefficient (Wildman–Crippen LogP) is 3.54. The minimum absolute atomic E-state index is 0.137. The van der Waals surface area contributed by atoms with E-state index in [9.17, 15) is 13.9 Å². The molecule has 9 nitrogen and oxygen atoms in total. The summed E-state index contributed by atoms with van der Waals surface area (Å²) >= 11 is 0. The molecule has 0 spiro atoms. The fourth-order valence-corrected chi connectivity index (χ4v) is 4.36. The predicted molar refractivity (Wildman–Crippen MR) is 142 cm³/mol. The van der Waals surface area contributed by atoms with E-state index in [4.69, 9.17) is 10.7 Å². The van der Waals surface area contributed by atoms with Crippen molar-refractivity contribution in [2.24, 2.45) is 0 Å². The van der Waals surface area contributed by atoms with E-state index in [1.807, 2.05) is 18.2 Å². The van der Waals surface area contributed by atoms with Gasteiger partial charge in [-0.3, -0.25) is 4.90 Å². The third-order valence-electron chi connectivity index (χ3n) is 6.37. The van der Waals surface area contributed by atoms with Gasteiger partial charge in [0.2, 0.25) is 0 Å². The summed E-state index contributed by atoms with van der Waals surface area (Å²) < 4.78 is 25.0. The highest BCUT2D eigenvalue weighted by Gasteiger charge is 2.24. The first-order valence-corrected chi connectivity index (χ1v) is 12.2. The van der Waals surface area contributed by atoms with E-state index in [1.54, 1.807) is 48.5 Å². The lowest BCUT2D eigenvalue weighted by Gasteiger charge is -2.28. The van der Waals surface area contributed by atoms with E-state index in [2.05, 4.69) is 31.9 Å². The SMILES string of the molecule is C[C@@H]1CCN(c2cc(-c3ccccc3O)nnc2N)CCN1c1ccnc(C=CCN(C)CC(F)F)n1. The number of para-hydroxylation sites is 1. The van der Waals surface area contributed by atoms with E-state index in [0.29, 0.717) is 42.5 Å². The number of anilines is 3. The highest BCUT2D eigenvalue weighted by Crippen LogP contribution is 2.32. The molecule has 0 unspecified atom stereocenters. The molecule has 0 saturated carbocycles. The van der Waals surface area contributed by atoms with Crippen molar-refractivity contribution in [1.29, 1.82) is 0 Å². The quantitative estimate of drug-likeness (QED) is 0.470. The van der Waals surface area contributed by atoms with E-state index >= 15 is 0 Å². The van der Waals surface area contributed by atoms with E-state index in [0.717, 1.165) is 24.5 Å². The lowest BCUT2D eigenvalue weighted by Crippen LogP contribution is -2.35. The molecular weight excluding hydrogens is 478 g/mol. The number of hydrogen-bond donors (Lipinski definition) is 2. The van der Waals surface area contributed by atoms with Gasteiger partial charge in [0.25, 0.3) is 6.43 Å². The maximum absolute atomic E-state index is 12.5. The number of phenolic OH excluding ortho intramolecular Hbond substituents is 1. The number of aromatic hydroxyl groups is 1. The third kappa shape index (κ3) is 6.67. The van der Waals surface area contributed by atoms with Gasteiger partial charge < -0.3 is 20.6 Å². The first-order valence-electron chi connectivity index (χ1n) is 12.2. The van der Waals surface area contributed by atoms with Gasteiger partial charge in [0.15, 0.2) is 11.6 Å². The molecule has 37 heavy (non-hydrogen) atoms. The molecule has 3 aromatic rings. The van der Waals surface area contributed by atoms with Gasteiger partial charge in [-0.25, -0.2) is 18.7 Å². The number of nitrogen functional groups attached to an aromatic ring is 1. The number of rotatable bonds is 8. The first-order chi connectivity index (χ1) is 17.8. The summed E-state index contributed by atoms with van der Waals surface area (Å²) in [4.78, 5) is 15.0. The van der Waals surface area contributed by atoms with Gasteiger partial charge in [-0.2, -0.15) is 0 Å². The van der Waals surface area contributed by atoms with Crippen molar-refractivity contribution in [2.75, 3.05) is 55.3 Å². The van der Waals surface area contributed by atoms with Crippen LogP contribution >= 0.6 is 0 Å². The Hall–Kier alpha value is -3.86. The second-order valence-corrected chi connectivity index (χ2v) is 9.12. The molecule has 1 fully saturated rings. The van der Waals surface area contributed by atoms with Crippen LogP contribution in [0.5, 0.6) is 5.75 Å². The van der Waals surface area contributed by atoms with Crippen LogP contribution in [0.2, 0.25) is 0 Å². The van der Waals surface area contributed by atoms with Crippen LogP contribution in [-0.2, 0) is 0 Å². The zero-order valence-electron chi connectivity index (χ0n) is 21.0. The Balaban J connectivity index is 1.48. The Morgan fingerprint density at radius 2 is 2.00 bits per heavy atom. The van der Waals surface area contributed by atoms with Crippen molar-refractivity contribution in [3.05, 3.63) is 54.5 Å². The topological polar surface area (TPSA) is 108 Å². The normalized spacial score (nSPS) is 16.6. The maximum atomic E-state index is 12.5. The van der Waals surface area contributed by atoms with Gasteiger partial charge in [0.05, 0.1) is 17.9 Å². The molecule has 1 atom stereocenters. The molecule has 196 valence electrons. The fraction of sp³-hybridized carbons (Fsp3) is 0.385. The molecule has 0 amide bonds. The summed E-state index contributed by atoms with van der Waals surface area (Å²) in [6.07, 6.45) is 3.75. The molecule has 0 aliphatic carbocycles. The summed E-state index contributed by atoms with van der Waals surface area (Å²) in [7, 11) is 1.65. The molecule has 3 heterocycles. The van der Waals surface area contributed by atoms with Crippen LogP contribution in [0.15, 0.2) is 48.7 Å². The van der Waals surface area contributed by atoms with Crippen LogP contribution in [0.25, 0.3) is 17.3 Å². The molecule has 11 heteroatoms. The van der Waals surface area contributed by atoms with Crippen LogP contribution < -0.4 is 15.5 Å². The molecule has 2 aromatic heterocycles. The van der Waals surface area contributed by atoms with Gasteiger partial charge in [-0.15, -0.1) is 10.2 Å². The summed E-state index contributed by atoms with van der Waals surface area (Å²) in [5.41, 5.74) is 8.15. The number of nitrogens with zero attached hydrogens (tertiary/aromatic N) is 7. The summed E-state index contributed by atoms with van der Waals surface area (Å²) in [6, 6.07) is 11.0. The van der Waals surface area contributed by atoms with Crippen LogP contribution in [0.4, 0.5) is 26.1 Å². The molecule has 1 saturated heterocycles. The molecule has 3 N–H and O–H groups in total. The summed E-state index contributed by atoms with van der Waals surface area (Å²) in [5.74, 6) is 1.82. The standard InChI is InChI=1S/C26H32F2N8O/c1-18-10-13-35(21-16-20(32-33-26(21)29)19-6-3-4-7-22(19)37)14-15-36(18)25-9-11-30-24(31-25)8-5-12-34(2)17-23(27)28/h3-9,11,16,18,23,37H,10,12-15,17H2,1-2H3,(H2,29,33)/t18-/m1/s1. The monoisotopic (exact) mass is 510 g/mol. The molecule has 4 rings (SSSR count). The Kier molecular flexibility index (Phi) is 8.44. The van der Waals surface area contributed by atoms with Gasteiger partial charge in [-0.1, -0.05) is 18.2 Å². The average molecular weight is 511 g/mol. The summed E-state index contributed by atoms with van der Waals surface area (Å²) in [6.45, 7) is 4.42. The van der Waals surface area contributed by atoms with Crippen LogP contribution in [0.3, 0.4) is 0 Å². The van der Waals surface area contributed by atoms with Gasteiger partial charge in [-0.05, 0) is 50.7 Å². The van der Waals surface area contributed by atoms with Crippen molar-refractivity contribution in [2.45, 2.75) is 25.8 Å². The average Bonchev–Trinajstić information content (AvgIpc) is 3.06. The number of aromatic nitrogens is 4.